The zero-order valence-electron chi connectivity index (χ0n) is 10.6. The van der Waals surface area contributed by atoms with Gasteiger partial charge in [0.25, 0.3) is 0 Å². The quantitative estimate of drug-likeness (QED) is 0.604. The number of nitrogens with zero attached hydrogens (tertiary/aromatic N) is 3. The number of nitrogens with two attached hydrogens (primary N) is 1. The fraction of sp³-hybridized carbons (Fsp3) is 0.0667. The zero-order valence-corrected chi connectivity index (χ0v) is 10.6. The Morgan fingerprint density at radius 2 is 2.10 bits per heavy atom. The minimum atomic E-state index is -0.357. The number of furan rings is 1. The number of aromatic nitrogens is 3. The summed E-state index contributed by atoms with van der Waals surface area (Å²) >= 11 is 0. The molecule has 0 amide bonds. The van der Waals surface area contributed by atoms with Crippen LogP contribution in [0.2, 0.25) is 0 Å². The number of benzene rings is 1. The molecule has 0 saturated heterocycles. The summed E-state index contributed by atoms with van der Waals surface area (Å²) in [5.74, 6) is 0.727. The summed E-state index contributed by atoms with van der Waals surface area (Å²) in [5.41, 5.74) is 8.95. The Kier molecular flexibility index (Phi) is 2.34. The first-order valence-electron chi connectivity index (χ1n) is 6.34. The molecule has 1 aromatic carbocycles. The highest BCUT2D eigenvalue weighted by Gasteiger charge is 2.18. The number of hydrogen-bond donors (Lipinski definition) is 1. The van der Waals surface area contributed by atoms with Crippen LogP contribution < -0.4 is 5.73 Å². The topological polar surface area (TPSA) is 69.3 Å². The minimum Gasteiger partial charge on any atom is -0.459 e. The van der Waals surface area contributed by atoms with Gasteiger partial charge >= 0.3 is 0 Å². The number of fused-ring (bicyclic) bond motifs is 2. The van der Waals surface area contributed by atoms with Gasteiger partial charge in [-0.15, -0.1) is 0 Å². The van der Waals surface area contributed by atoms with Crippen LogP contribution in [0.4, 0.5) is 0 Å². The summed E-state index contributed by atoms with van der Waals surface area (Å²) < 4.78 is 7.57. The van der Waals surface area contributed by atoms with Crippen molar-refractivity contribution >= 4 is 16.5 Å². The smallest absolute Gasteiger partial charge is 0.134 e. The lowest BCUT2D eigenvalue weighted by atomic mass is 10.1. The highest BCUT2D eigenvalue weighted by Crippen LogP contribution is 2.28. The van der Waals surface area contributed by atoms with Crippen molar-refractivity contribution in [1.82, 2.24) is 14.6 Å². The van der Waals surface area contributed by atoms with Gasteiger partial charge in [-0.2, -0.15) is 5.10 Å². The van der Waals surface area contributed by atoms with Gasteiger partial charge in [0.05, 0.1) is 24.0 Å². The van der Waals surface area contributed by atoms with Gasteiger partial charge in [0, 0.05) is 23.3 Å². The molecule has 5 heteroatoms. The van der Waals surface area contributed by atoms with E-state index in [2.05, 4.69) is 10.1 Å². The molecule has 0 aliphatic heterocycles. The second-order valence-corrected chi connectivity index (χ2v) is 4.67. The molecule has 20 heavy (non-hydrogen) atoms. The van der Waals surface area contributed by atoms with E-state index in [-0.39, 0.29) is 6.04 Å². The molecule has 5 nitrogen and oxygen atoms in total. The molecule has 0 saturated carbocycles. The molecule has 1 unspecified atom stereocenters. The Morgan fingerprint density at radius 1 is 1.20 bits per heavy atom. The van der Waals surface area contributed by atoms with Crippen LogP contribution in [0, 0.1) is 0 Å². The third kappa shape index (κ3) is 1.60. The molecule has 0 radical (unpaired) electrons. The zero-order chi connectivity index (χ0) is 13.5. The minimum absolute atomic E-state index is 0.357. The predicted octanol–water partition coefficient (Wildman–Crippen LogP) is 2.52. The first-order chi connectivity index (χ1) is 9.83. The van der Waals surface area contributed by atoms with Crippen LogP contribution in [0.15, 0.2) is 59.5 Å². The average molecular weight is 264 g/mol. The van der Waals surface area contributed by atoms with E-state index in [1.165, 1.54) is 0 Å². The van der Waals surface area contributed by atoms with E-state index in [9.17, 15) is 0 Å². The van der Waals surface area contributed by atoms with Crippen molar-refractivity contribution in [3.05, 3.63) is 66.4 Å². The van der Waals surface area contributed by atoms with Crippen molar-refractivity contribution in [3.8, 4) is 0 Å². The van der Waals surface area contributed by atoms with E-state index < -0.39 is 0 Å². The third-order valence-corrected chi connectivity index (χ3v) is 3.44. The molecule has 0 fully saturated rings. The summed E-state index contributed by atoms with van der Waals surface area (Å²) in [7, 11) is 0. The van der Waals surface area contributed by atoms with Gasteiger partial charge in [-0.1, -0.05) is 18.2 Å². The maximum atomic E-state index is 6.32. The van der Waals surface area contributed by atoms with E-state index in [0.717, 1.165) is 27.8 Å². The summed E-state index contributed by atoms with van der Waals surface area (Å²) in [6, 6.07) is 9.48. The molecule has 0 spiro atoms. The van der Waals surface area contributed by atoms with E-state index in [1.807, 2.05) is 30.3 Å². The van der Waals surface area contributed by atoms with Gasteiger partial charge < -0.3 is 10.2 Å². The van der Waals surface area contributed by atoms with Crippen molar-refractivity contribution < 1.29 is 4.42 Å². The fourth-order valence-electron chi connectivity index (χ4n) is 2.40. The van der Waals surface area contributed by atoms with E-state index in [1.54, 1.807) is 29.3 Å². The molecule has 4 rings (SSSR count). The fourth-order valence-corrected chi connectivity index (χ4v) is 2.40. The highest BCUT2D eigenvalue weighted by molar-refractivity contribution is 5.78. The third-order valence-electron chi connectivity index (χ3n) is 3.44. The Morgan fingerprint density at radius 3 is 3.00 bits per heavy atom. The lowest BCUT2D eigenvalue weighted by Crippen LogP contribution is -2.10. The molecule has 1 atom stereocenters. The monoisotopic (exact) mass is 264 g/mol. The van der Waals surface area contributed by atoms with E-state index in [4.69, 9.17) is 10.2 Å². The molecule has 98 valence electrons. The van der Waals surface area contributed by atoms with Crippen LogP contribution in [-0.4, -0.2) is 14.6 Å². The summed E-state index contributed by atoms with van der Waals surface area (Å²) in [6.45, 7) is 0. The lowest BCUT2D eigenvalue weighted by Gasteiger charge is -2.06. The van der Waals surface area contributed by atoms with Gasteiger partial charge in [-0.05, 0) is 12.1 Å². The lowest BCUT2D eigenvalue weighted by molar-refractivity contribution is 0.526. The van der Waals surface area contributed by atoms with Crippen molar-refractivity contribution in [1.29, 1.82) is 0 Å². The van der Waals surface area contributed by atoms with Crippen LogP contribution in [0.3, 0.4) is 0 Å². The van der Waals surface area contributed by atoms with Crippen molar-refractivity contribution in [2.45, 2.75) is 6.04 Å². The average Bonchev–Trinajstić information content (AvgIpc) is 3.10. The largest absolute Gasteiger partial charge is 0.459 e. The molecule has 3 aromatic heterocycles. The second-order valence-electron chi connectivity index (χ2n) is 4.67. The molecule has 2 N–H and O–H groups in total. The Labute approximate surface area is 114 Å². The van der Waals surface area contributed by atoms with Gasteiger partial charge in [0.2, 0.25) is 0 Å². The number of rotatable bonds is 2. The molecular weight excluding hydrogens is 252 g/mol. The highest BCUT2D eigenvalue weighted by atomic mass is 16.3. The maximum Gasteiger partial charge on any atom is 0.134 e. The number of hydrogen-bond acceptors (Lipinski definition) is 4. The summed E-state index contributed by atoms with van der Waals surface area (Å²) in [6.07, 6.45) is 7.00. The van der Waals surface area contributed by atoms with Crippen LogP contribution >= 0.6 is 0 Å². The van der Waals surface area contributed by atoms with Gasteiger partial charge in [-0.3, -0.25) is 4.98 Å². The van der Waals surface area contributed by atoms with Gasteiger partial charge in [0.15, 0.2) is 0 Å². The molecule has 0 aliphatic rings. The van der Waals surface area contributed by atoms with Crippen LogP contribution in [0.5, 0.6) is 0 Å². The molecular formula is C15H12N4O. The summed E-state index contributed by atoms with van der Waals surface area (Å²) in [5, 5.41) is 5.32. The normalized spacial score (nSPS) is 13.1. The van der Waals surface area contributed by atoms with Crippen LogP contribution in [0.25, 0.3) is 16.5 Å². The Balaban J connectivity index is 1.85. The second kappa shape index (κ2) is 4.18. The molecule has 0 aliphatic carbocycles. The Bertz CT molecular complexity index is 860. The van der Waals surface area contributed by atoms with E-state index in [0.29, 0.717) is 0 Å². The predicted molar refractivity (Wildman–Crippen MR) is 75.2 cm³/mol. The first-order valence-corrected chi connectivity index (χ1v) is 6.34. The van der Waals surface area contributed by atoms with Crippen molar-refractivity contribution in [2.24, 2.45) is 5.73 Å². The van der Waals surface area contributed by atoms with Crippen LogP contribution in [-0.2, 0) is 0 Å². The van der Waals surface area contributed by atoms with Crippen LogP contribution in [0.1, 0.15) is 17.4 Å². The van der Waals surface area contributed by atoms with Crippen molar-refractivity contribution in [2.75, 3.05) is 0 Å². The summed E-state index contributed by atoms with van der Waals surface area (Å²) in [4.78, 5) is 4.12. The van der Waals surface area contributed by atoms with Crippen molar-refractivity contribution in [3.63, 3.8) is 0 Å². The first kappa shape index (κ1) is 11.2. The SMILES string of the molecule is NC(c1cc2ccccc2o1)c1cnn2ccncc12. The standard InChI is InChI=1S/C15H12N4O/c16-15(11-8-18-19-6-5-17-9-12(11)19)14-7-10-3-1-2-4-13(10)20-14/h1-9,15H,16H2. The van der Waals surface area contributed by atoms with Gasteiger partial charge in [-0.25, -0.2) is 4.52 Å². The maximum absolute atomic E-state index is 6.32. The Hall–Kier alpha value is -2.66. The van der Waals surface area contributed by atoms with E-state index >= 15 is 0 Å². The van der Waals surface area contributed by atoms with Gasteiger partial charge in [0.1, 0.15) is 11.3 Å². The molecule has 0 bridgehead atoms. The molecule has 4 aromatic rings. The number of para-hydroxylation sites is 1. The molecule has 3 heterocycles.